The lowest BCUT2D eigenvalue weighted by molar-refractivity contribution is -0.132. The molecule has 0 aliphatic carbocycles. The monoisotopic (exact) mass is 363 g/mol. The van der Waals surface area contributed by atoms with Crippen LogP contribution < -0.4 is 15.5 Å². The normalized spacial score (nSPS) is 23.6. The number of ketones is 1. The van der Waals surface area contributed by atoms with Crippen molar-refractivity contribution in [2.24, 2.45) is 0 Å². The first-order valence-electron chi connectivity index (χ1n) is 8.03. The Balaban J connectivity index is 2.02. The number of nitrogens with zero attached hydrogens (tertiary/aromatic N) is 1. The van der Waals surface area contributed by atoms with Gasteiger partial charge in [-0.15, -0.1) is 0 Å². The van der Waals surface area contributed by atoms with Crippen LogP contribution in [0.4, 0.5) is 10.5 Å². The van der Waals surface area contributed by atoms with Crippen LogP contribution in [0.5, 0.6) is 0 Å². The Morgan fingerprint density at radius 1 is 0.889 bits per heavy atom. The molecule has 2 aliphatic heterocycles. The molecule has 8 heteroatoms. The van der Waals surface area contributed by atoms with E-state index in [0.29, 0.717) is 0 Å². The number of amides is 4. The number of hydrogen-bond donors (Lipinski definition) is 3. The van der Waals surface area contributed by atoms with Crippen molar-refractivity contribution < 1.29 is 24.3 Å². The Morgan fingerprint density at radius 2 is 1.48 bits per heavy atom. The molecule has 1 unspecified atom stereocenters. The summed E-state index contributed by atoms with van der Waals surface area (Å²) < 4.78 is 0. The minimum absolute atomic E-state index is 0.226. The van der Waals surface area contributed by atoms with E-state index in [2.05, 4.69) is 5.32 Å². The number of imide groups is 1. The zero-order valence-electron chi connectivity index (χ0n) is 13.8. The molecule has 134 valence electrons. The van der Waals surface area contributed by atoms with Gasteiger partial charge in [-0.05, 0) is 12.1 Å². The third-order valence-corrected chi connectivity index (χ3v) is 4.47. The standard InChI is InChI=1S/C19H13N3O5/c23-14(11-7-3-1-4-8-11)13-15(24)16(25)22(12-9-5-2-6-10-12)19(13)17(26)20-18(27)21-19/h1-10,23H,(H2,20,21,26,27)/b14-13-. The van der Waals surface area contributed by atoms with E-state index in [4.69, 9.17) is 0 Å². The molecule has 0 aromatic heterocycles. The van der Waals surface area contributed by atoms with Gasteiger partial charge in [0.15, 0.2) is 0 Å². The molecule has 27 heavy (non-hydrogen) atoms. The summed E-state index contributed by atoms with van der Waals surface area (Å²) in [5.74, 6) is -3.58. The molecule has 1 atom stereocenters. The van der Waals surface area contributed by atoms with Crippen molar-refractivity contribution in [2.45, 2.75) is 5.66 Å². The van der Waals surface area contributed by atoms with Gasteiger partial charge in [-0.25, -0.2) is 4.79 Å². The second kappa shape index (κ2) is 5.80. The number of aliphatic hydroxyl groups excluding tert-OH is 1. The molecule has 2 fully saturated rings. The van der Waals surface area contributed by atoms with Crippen molar-refractivity contribution in [3.05, 3.63) is 71.8 Å². The van der Waals surface area contributed by atoms with E-state index < -0.39 is 40.6 Å². The lowest BCUT2D eigenvalue weighted by Crippen LogP contribution is -2.59. The fourth-order valence-electron chi connectivity index (χ4n) is 3.32. The maximum Gasteiger partial charge on any atom is 0.324 e. The zero-order chi connectivity index (χ0) is 19.2. The predicted octanol–water partition coefficient (Wildman–Crippen LogP) is 1.11. The summed E-state index contributed by atoms with van der Waals surface area (Å²) in [6, 6.07) is 15.1. The van der Waals surface area contributed by atoms with E-state index in [1.165, 1.54) is 24.3 Å². The first-order chi connectivity index (χ1) is 13.0. The quantitative estimate of drug-likeness (QED) is 0.320. The number of para-hydroxylation sites is 1. The van der Waals surface area contributed by atoms with Gasteiger partial charge in [-0.1, -0.05) is 48.5 Å². The predicted molar refractivity (Wildman–Crippen MR) is 94.3 cm³/mol. The number of anilines is 1. The third kappa shape index (κ3) is 2.23. The van der Waals surface area contributed by atoms with E-state index in [0.717, 1.165) is 4.90 Å². The van der Waals surface area contributed by atoms with Crippen LogP contribution in [0.15, 0.2) is 66.2 Å². The molecular formula is C19H13N3O5. The molecule has 2 aromatic rings. The fraction of sp³-hybridized carbons (Fsp3) is 0.0526. The Hall–Kier alpha value is -3.94. The van der Waals surface area contributed by atoms with E-state index in [-0.39, 0.29) is 11.3 Å². The van der Waals surface area contributed by atoms with Crippen molar-refractivity contribution in [1.82, 2.24) is 10.6 Å². The Labute approximate surface area is 153 Å². The van der Waals surface area contributed by atoms with Gasteiger partial charge >= 0.3 is 11.9 Å². The summed E-state index contributed by atoms with van der Waals surface area (Å²) in [6.45, 7) is 0. The summed E-state index contributed by atoms with van der Waals surface area (Å²) in [7, 11) is 0. The van der Waals surface area contributed by atoms with Crippen molar-refractivity contribution >= 4 is 35.1 Å². The maximum absolute atomic E-state index is 12.8. The van der Waals surface area contributed by atoms with Crippen LogP contribution in [0, 0.1) is 0 Å². The maximum atomic E-state index is 12.8. The highest BCUT2D eigenvalue weighted by molar-refractivity contribution is 6.55. The Bertz CT molecular complexity index is 1020. The molecule has 0 saturated carbocycles. The second-order valence-corrected chi connectivity index (χ2v) is 6.01. The number of hydrogen-bond acceptors (Lipinski definition) is 5. The summed E-state index contributed by atoms with van der Waals surface area (Å²) in [4.78, 5) is 51.1. The van der Waals surface area contributed by atoms with E-state index in [9.17, 15) is 24.3 Å². The van der Waals surface area contributed by atoms with Gasteiger partial charge in [0, 0.05) is 11.3 Å². The number of benzene rings is 2. The molecule has 0 radical (unpaired) electrons. The number of carbonyl (C=O) groups excluding carboxylic acids is 4. The van der Waals surface area contributed by atoms with E-state index in [1.54, 1.807) is 36.4 Å². The highest BCUT2D eigenvalue weighted by Gasteiger charge is 2.66. The Kier molecular flexibility index (Phi) is 3.55. The van der Waals surface area contributed by atoms with Crippen LogP contribution in [0.2, 0.25) is 0 Å². The van der Waals surface area contributed by atoms with Crippen molar-refractivity contribution in [2.75, 3.05) is 4.90 Å². The lowest BCUT2D eigenvalue weighted by atomic mass is 9.95. The molecule has 2 saturated heterocycles. The molecule has 3 N–H and O–H groups in total. The number of urea groups is 1. The fourth-order valence-corrected chi connectivity index (χ4v) is 3.32. The van der Waals surface area contributed by atoms with Crippen LogP contribution in [-0.2, 0) is 14.4 Å². The molecule has 2 heterocycles. The topological polar surface area (TPSA) is 116 Å². The van der Waals surface area contributed by atoms with Crippen molar-refractivity contribution in [3.8, 4) is 0 Å². The van der Waals surface area contributed by atoms with Gasteiger partial charge in [-0.3, -0.25) is 24.6 Å². The van der Waals surface area contributed by atoms with E-state index >= 15 is 0 Å². The van der Waals surface area contributed by atoms with Gasteiger partial charge in [-0.2, -0.15) is 0 Å². The first-order valence-corrected chi connectivity index (χ1v) is 8.03. The van der Waals surface area contributed by atoms with Crippen LogP contribution in [0.25, 0.3) is 5.76 Å². The minimum Gasteiger partial charge on any atom is -0.507 e. The van der Waals surface area contributed by atoms with E-state index in [1.807, 2.05) is 5.32 Å². The lowest BCUT2D eigenvalue weighted by Gasteiger charge is -2.31. The molecule has 4 amide bonds. The van der Waals surface area contributed by atoms with Gasteiger partial charge in [0.2, 0.25) is 5.66 Å². The van der Waals surface area contributed by atoms with Crippen LogP contribution in [0.1, 0.15) is 5.56 Å². The van der Waals surface area contributed by atoms with Crippen LogP contribution in [0.3, 0.4) is 0 Å². The molecule has 2 aliphatic rings. The molecule has 4 rings (SSSR count). The average molecular weight is 363 g/mol. The van der Waals surface area contributed by atoms with Crippen molar-refractivity contribution in [1.29, 1.82) is 0 Å². The highest BCUT2D eigenvalue weighted by atomic mass is 16.3. The molecular weight excluding hydrogens is 350 g/mol. The summed E-state index contributed by atoms with van der Waals surface area (Å²) in [5, 5.41) is 15.2. The number of carbonyl (C=O) groups is 4. The SMILES string of the molecule is O=C1NC(=O)C2(N1)/C(=C(\O)c1ccccc1)C(=O)C(=O)N2c1ccccc1. The molecule has 1 spiro atoms. The van der Waals surface area contributed by atoms with Crippen LogP contribution >= 0.6 is 0 Å². The summed E-state index contributed by atoms with van der Waals surface area (Å²) in [6.07, 6.45) is 0. The number of rotatable bonds is 2. The number of Topliss-reactive ketones (excluding diaryl/α,β-unsaturated/α-hetero) is 1. The first kappa shape index (κ1) is 16.5. The second-order valence-electron chi connectivity index (χ2n) is 6.01. The number of nitrogens with one attached hydrogen (secondary N) is 2. The largest absolute Gasteiger partial charge is 0.507 e. The molecule has 0 bridgehead atoms. The third-order valence-electron chi connectivity index (χ3n) is 4.47. The van der Waals surface area contributed by atoms with Gasteiger partial charge in [0.25, 0.3) is 11.7 Å². The summed E-state index contributed by atoms with van der Waals surface area (Å²) >= 11 is 0. The summed E-state index contributed by atoms with van der Waals surface area (Å²) in [5.41, 5.74) is -2.20. The smallest absolute Gasteiger partial charge is 0.324 e. The van der Waals surface area contributed by atoms with Crippen molar-refractivity contribution in [3.63, 3.8) is 0 Å². The molecule has 2 aromatic carbocycles. The van der Waals surface area contributed by atoms with Gasteiger partial charge in [0.1, 0.15) is 11.3 Å². The van der Waals surface area contributed by atoms with Crippen LogP contribution in [-0.4, -0.2) is 34.4 Å². The molecule has 8 nitrogen and oxygen atoms in total. The van der Waals surface area contributed by atoms with Gasteiger partial charge < -0.3 is 10.4 Å². The average Bonchev–Trinajstić information content (AvgIpc) is 3.08. The highest BCUT2D eigenvalue weighted by Crippen LogP contribution is 2.40. The minimum atomic E-state index is -2.16. The number of aliphatic hydroxyl groups is 1. The Morgan fingerprint density at radius 3 is 2.04 bits per heavy atom. The van der Waals surface area contributed by atoms with Gasteiger partial charge in [0.05, 0.1) is 0 Å². The zero-order valence-corrected chi connectivity index (χ0v) is 13.8.